The highest BCUT2D eigenvalue weighted by atomic mass is 35.5. The van der Waals surface area contributed by atoms with E-state index in [2.05, 4.69) is 4.74 Å². The Morgan fingerprint density at radius 2 is 1.96 bits per heavy atom. The van der Waals surface area contributed by atoms with Crippen molar-refractivity contribution in [1.29, 1.82) is 0 Å². The molecule has 2 rings (SSSR count). The fourth-order valence-corrected chi connectivity index (χ4v) is 2.46. The maximum Gasteiger partial charge on any atom is 0.387 e. The van der Waals surface area contributed by atoms with Crippen LogP contribution in [0.1, 0.15) is 15.9 Å². The number of methoxy groups -OCH3 is 1. The summed E-state index contributed by atoms with van der Waals surface area (Å²) in [5.41, 5.74) is 0.816. The van der Waals surface area contributed by atoms with E-state index < -0.39 is 12.5 Å². The minimum atomic E-state index is -3.06. The zero-order valence-corrected chi connectivity index (χ0v) is 13.9. The predicted octanol–water partition coefficient (Wildman–Crippen LogP) is 4.22. The Labute approximate surface area is 143 Å². The van der Waals surface area contributed by atoms with Crippen molar-refractivity contribution in [3.8, 4) is 11.5 Å². The highest BCUT2D eigenvalue weighted by molar-refractivity contribution is 6.30. The molecule has 0 aliphatic rings. The Morgan fingerprint density at radius 3 is 2.58 bits per heavy atom. The summed E-state index contributed by atoms with van der Waals surface area (Å²) in [6.45, 7) is -2.80. The number of carbonyl (C=O) groups is 1. The third kappa shape index (κ3) is 4.35. The number of hydrogen-bond acceptors (Lipinski definition) is 3. The number of amides is 1. The Hall–Kier alpha value is -2.34. The van der Waals surface area contributed by atoms with Gasteiger partial charge in [0, 0.05) is 18.6 Å². The van der Waals surface area contributed by atoms with Crippen molar-refractivity contribution in [2.24, 2.45) is 0 Å². The van der Waals surface area contributed by atoms with Crippen molar-refractivity contribution in [3.05, 3.63) is 58.6 Å². The van der Waals surface area contributed by atoms with Crippen molar-refractivity contribution < 1.29 is 23.0 Å². The van der Waals surface area contributed by atoms with E-state index in [1.54, 1.807) is 25.2 Å². The molecule has 0 radical (unpaired) electrons. The Bertz CT molecular complexity index is 725. The standard InChI is InChI=1S/C17H16ClF2NO3/c1-21(10-11-5-3-6-12(18)9-11)16(22)13-7-4-8-14(23-2)15(13)24-17(19)20/h3-9,17H,10H2,1-2H3. The minimum Gasteiger partial charge on any atom is -0.493 e. The van der Waals surface area contributed by atoms with Crippen LogP contribution >= 0.6 is 11.6 Å². The molecule has 0 N–H and O–H groups in total. The summed E-state index contributed by atoms with van der Waals surface area (Å²) in [5.74, 6) is -0.681. The predicted molar refractivity (Wildman–Crippen MR) is 86.9 cm³/mol. The van der Waals surface area contributed by atoms with Gasteiger partial charge in [-0.15, -0.1) is 0 Å². The van der Waals surface area contributed by atoms with Crippen LogP contribution in [0.3, 0.4) is 0 Å². The summed E-state index contributed by atoms with van der Waals surface area (Å²) in [5, 5.41) is 0.552. The van der Waals surface area contributed by atoms with Gasteiger partial charge in [0.2, 0.25) is 0 Å². The number of para-hydroxylation sites is 1. The van der Waals surface area contributed by atoms with E-state index in [1.165, 1.54) is 30.2 Å². The van der Waals surface area contributed by atoms with Gasteiger partial charge >= 0.3 is 6.61 Å². The first kappa shape index (κ1) is 18.0. The molecule has 0 saturated carbocycles. The van der Waals surface area contributed by atoms with Crippen LogP contribution in [-0.2, 0) is 6.54 Å². The third-order valence-electron chi connectivity index (χ3n) is 3.29. The summed E-state index contributed by atoms with van der Waals surface area (Å²) >= 11 is 5.92. The second kappa shape index (κ2) is 7.97. The lowest BCUT2D eigenvalue weighted by atomic mass is 10.1. The van der Waals surface area contributed by atoms with Crippen LogP contribution in [-0.4, -0.2) is 31.6 Å². The lowest BCUT2D eigenvalue weighted by Gasteiger charge is -2.20. The molecule has 4 nitrogen and oxygen atoms in total. The van der Waals surface area contributed by atoms with Gasteiger partial charge in [-0.05, 0) is 29.8 Å². The Morgan fingerprint density at radius 1 is 1.25 bits per heavy atom. The molecule has 0 bridgehead atoms. The summed E-state index contributed by atoms with van der Waals surface area (Å²) in [4.78, 5) is 14.0. The van der Waals surface area contributed by atoms with Crippen molar-refractivity contribution in [2.75, 3.05) is 14.2 Å². The second-order valence-electron chi connectivity index (χ2n) is 5.01. The van der Waals surface area contributed by atoms with Crippen LogP contribution in [0.25, 0.3) is 0 Å². The molecule has 0 aliphatic carbocycles. The van der Waals surface area contributed by atoms with Gasteiger partial charge in [0.15, 0.2) is 11.5 Å². The summed E-state index contributed by atoms with van der Waals surface area (Å²) in [6.07, 6.45) is 0. The molecule has 0 atom stereocenters. The number of carbonyl (C=O) groups excluding carboxylic acids is 1. The van der Waals surface area contributed by atoms with Gasteiger partial charge in [-0.2, -0.15) is 8.78 Å². The first-order valence-electron chi connectivity index (χ1n) is 7.04. The van der Waals surface area contributed by atoms with E-state index >= 15 is 0 Å². The lowest BCUT2D eigenvalue weighted by Crippen LogP contribution is -2.27. The van der Waals surface area contributed by atoms with Crippen LogP contribution in [0, 0.1) is 0 Å². The molecule has 0 heterocycles. The SMILES string of the molecule is COc1cccc(C(=O)N(C)Cc2cccc(Cl)c2)c1OC(F)F. The molecular weight excluding hydrogens is 340 g/mol. The molecule has 2 aromatic rings. The Kier molecular flexibility index (Phi) is 5.98. The van der Waals surface area contributed by atoms with E-state index in [4.69, 9.17) is 16.3 Å². The maximum absolute atomic E-state index is 12.7. The molecule has 0 unspecified atom stereocenters. The van der Waals surface area contributed by atoms with Crippen molar-refractivity contribution in [2.45, 2.75) is 13.2 Å². The van der Waals surface area contributed by atoms with Crippen molar-refractivity contribution >= 4 is 17.5 Å². The van der Waals surface area contributed by atoms with Crippen LogP contribution in [0.15, 0.2) is 42.5 Å². The molecule has 1 amide bonds. The normalized spacial score (nSPS) is 10.6. The molecular formula is C17H16ClF2NO3. The van der Waals surface area contributed by atoms with Crippen LogP contribution < -0.4 is 9.47 Å². The quantitative estimate of drug-likeness (QED) is 0.778. The van der Waals surface area contributed by atoms with E-state index in [9.17, 15) is 13.6 Å². The fraction of sp³-hybridized carbons (Fsp3) is 0.235. The fourth-order valence-electron chi connectivity index (χ4n) is 2.24. The molecule has 2 aromatic carbocycles. The summed E-state index contributed by atoms with van der Waals surface area (Å²) in [6, 6.07) is 11.4. The van der Waals surface area contributed by atoms with Gasteiger partial charge in [0.1, 0.15) is 0 Å². The molecule has 0 spiro atoms. The second-order valence-corrected chi connectivity index (χ2v) is 5.44. The third-order valence-corrected chi connectivity index (χ3v) is 3.53. The number of rotatable bonds is 6. The number of alkyl halides is 2. The van der Waals surface area contributed by atoms with Crippen molar-refractivity contribution in [3.63, 3.8) is 0 Å². The average molecular weight is 356 g/mol. The first-order chi connectivity index (χ1) is 11.4. The smallest absolute Gasteiger partial charge is 0.387 e. The van der Waals surface area contributed by atoms with Crippen LogP contribution in [0.2, 0.25) is 5.02 Å². The average Bonchev–Trinajstić information content (AvgIpc) is 2.54. The number of benzene rings is 2. The van der Waals surface area contributed by atoms with Gasteiger partial charge < -0.3 is 14.4 Å². The molecule has 7 heteroatoms. The van der Waals surface area contributed by atoms with Gasteiger partial charge in [0.25, 0.3) is 5.91 Å². The summed E-state index contributed by atoms with van der Waals surface area (Å²) in [7, 11) is 2.88. The van der Waals surface area contributed by atoms with E-state index in [0.717, 1.165) is 5.56 Å². The maximum atomic E-state index is 12.7. The molecule has 0 aromatic heterocycles. The molecule has 0 saturated heterocycles. The summed E-state index contributed by atoms with van der Waals surface area (Å²) < 4.78 is 34.8. The highest BCUT2D eigenvalue weighted by Gasteiger charge is 2.22. The minimum absolute atomic E-state index is 0.000761. The van der Waals surface area contributed by atoms with Crippen LogP contribution in [0.5, 0.6) is 11.5 Å². The number of ether oxygens (including phenoxy) is 2. The van der Waals surface area contributed by atoms with Gasteiger partial charge in [-0.25, -0.2) is 0 Å². The Balaban J connectivity index is 2.28. The van der Waals surface area contributed by atoms with E-state index in [1.807, 2.05) is 6.07 Å². The lowest BCUT2D eigenvalue weighted by molar-refractivity contribution is -0.0516. The first-order valence-corrected chi connectivity index (χ1v) is 7.42. The zero-order chi connectivity index (χ0) is 17.7. The zero-order valence-electron chi connectivity index (χ0n) is 13.1. The van der Waals surface area contributed by atoms with Gasteiger partial charge in [-0.3, -0.25) is 4.79 Å². The monoisotopic (exact) mass is 355 g/mol. The number of halogens is 3. The molecule has 0 aliphatic heterocycles. The van der Waals surface area contributed by atoms with Gasteiger partial charge in [-0.1, -0.05) is 29.8 Å². The highest BCUT2D eigenvalue weighted by Crippen LogP contribution is 2.33. The van der Waals surface area contributed by atoms with Crippen molar-refractivity contribution in [1.82, 2.24) is 4.90 Å². The van der Waals surface area contributed by atoms with E-state index in [0.29, 0.717) is 5.02 Å². The van der Waals surface area contributed by atoms with Crippen LogP contribution in [0.4, 0.5) is 8.78 Å². The number of hydrogen-bond donors (Lipinski definition) is 0. The topological polar surface area (TPSA) is 38.8 Å². The molecule has 0 fully saturated rings. The largest absolute Gasteiger partial charge is 0.493 e. The van der Waals surface area contributed by atoms with Gasteiger partial charge in [0.05, 0.1) is 12.7 Å². The molecule has 24 heavy (non-hydrogen) atoms. The number of nitrogens with zero attached hydrogens (tertiary/aromatic N) is 1. The van der Waals surface area contributed by atoms with E-state index in [-0.39, 0.29) is 23.6 Å². The molecule has 128 valence electrons.